The summed E-state index contributed by atoms with van der Waals surface area (Å²) in [5, 5.41) is 16.7. The van der Waals surface area contributed by atoms with Gasteiger partial charge in [0, 0.05) is 26.6 Å². The van der Waals surface area contributed by atoms with Crippen molar-refractivity contribution in [3.63, 3.8) is 0 Å². The molecule has 0 aliphatic carbocycles. The van der Waals surface area contributed by atoms with E-state index in [0.29, 0.717) is 18.7 Å². The van der Waals surface area contributed by atoms with Crippen molar-refractivity contribution >= 4 is 11.9 Å². The number of carbonyl (C=O) groups excluding carboxylic acids is 1. The van der Waals surface area contributed by atoms with E-state index < -0.39 is 12.0 Å². The predicted molar refractivity (Wildman–Crippen MR) is 73.1 cm³/mol. The molecule has 2 rings (SSSR count). The Bertz CT molecular complexity index is 522. The van der Waals surface area contributed by atoms with Crippen LogP contribution in [-0.4, -0.2) is 63.7 Å². The molecule has 21 heavy (non-hydrogen) atoms. The molecule has 1 saturated heterocycles. The van der Waals surface area contributed by atoms with Crippen LogP contribution in [0.4, 0.5) is 0 Å². The summed E-state index contributed by atoms with van der Waals surface area (Å²) >= 11 is 0. The molecule has 0 bridgehead atoms. The zero-order valence-corrected chi connectivity index (χ0v) is 12.3. The predicted octanol–water partition coefficient (Wildman–Crippen LogP) is 0.349. The van der Waals surface area contributed by atoms with Gasteiger partial charge in [0.05, 0.1) is 12.3 Å². The number of carbonyl (C=O) groups is 2. The number of hydrogen-bond acceptors (Lipinski definition) is 5. The van der Waals surface area contributed by atoms with Crippen molar-refractivity contribution in [1.29, 1.82) is 0 Å². The maximum Gasteiger partial charge on any atom is 0.358 e. The van der Waals surface area contributed by atoms with Crippen molar-refractivity contribution in [2.45, 2.75) is 32.2 Å². The fourth-order valence-electron chi connectivity index (χ4n) is 2.53. The molecule has 0 saturated carbocycles. The van der Waals surface area contributed by atoms with Crippen LogP contribution in [0.2, 0.25) is 0 Å². The molecule has 1 aromatic heterocycles. The van der Waals surface area contributed by atoms with E-state index in [9.17, 15) is 9.59 Å². The van der Waals surface area contributed by atoms with Gasteiger partial charge in [-0.2, -0.15) is 0 Å². The molecule has 0 aromatic carbocycles. The Labute approximate surface area is 122 Å². The third kappa shape index (κ3) is 3.21. The van der Waals surface area contributed by atoms with Crippen LogP contribution in [-0.2, 0) is 16.0 Å². The molecule has 1 aliphatic heterocycles. The minimum absolute atomic E-state index is 0.0481. The van der Waals surface area contributed by atoms with Gasteiger partial charge in [0.15, 0.2) is 5.69 Å². The molecule has 2 heterocycles. The largest absolute Gasteiger partial charge is 0.476 e. The second kappa shape index (κ2) is 6.66. The van der Waals surface area contributed by atoms with Gasteiger partial charge in [0.1, 0.15) is 6.04 Å². The summed E-state index contributed by atoms with van der Waals surface area (Å²) in [6.45, 7) is 3.56. The van der Waals surface area contributed by atoms with Crippen LogP contribution in [0.3, 0.4) is 0 Å². The van der Waals surface area contributed by atoms with Crippen LogP contribution in [0.25, 0.3) is 0 Å². The fourth-order valence-corrected chi connectivity index (χ4v) is 2.53. The number of hydrogen-bond donors (Lipinski definition) is 1. The van der Waals surface area contributed by atoms with E-state index in [1.165, 1.54) is 11.8 Å². The first-order chi connectivity index (χ1) is 10.1. The van der Waals surface area contributed by atoms with E-state index in [0.717, 1.165) is 25.9 Å². The third-order valence-electron chi connectivity index (χ3n) is 3.68. The SMILES string of the molecule is COCCc1c(C(=O)O)nnn1C(C)C(=O)N1CCCC1. The van der Waals surface area contributed by atoms with E-state index in [1.54, 1.807) is 11.8 Å². The van der Waals surface area contributed by atoms with Gasteiger partial charge in [0.2, 0.25) is 5.91 Å². The standard InChI is InChI=1S/C13H20N4O4/c1-9(12(18)16-6-3-4-7-16)17-10(5-8-21-2)11(13(19)20)14-15-17/h9H,3-8H2,1-2H3,(H,19,20). The summed E-state index contributed by atoms with van der Waals surface area (Å²) in [5.74, 6) is -1.19. The van der Waals surface area contributed by atoms with Gasteiger partial charge in [-0.3, -0.25) is 4.79 Å². The summed E-state index contributed by atoms with van der Waals surface area (Å²) in [6.07, 6.45) is 2.36. The number of aromatic carboxylic acids is 1. The monoisotopic (exact) mass is 296 g/mol. The molecule has 1 amide bonds. The van der Waals surface area contributed by atoms with Crippen molar-refractivity contribution in [3.05, 3.63) is 11.4 Å². The maximum absolute atomic E-state index is 12.4. The van der Waals surface area contributed by atoms with Crippen molar-refractivity contribution in [2.24, 2.45) is 0 Å². The van der Waals surface area contributed by atoms with Crippen molar-refractivity contribution < 1.29 is 19.4 Å². The number of carboxylic acids is 1. The van der Waals surface area contributed by atoms with Gasteiger partial charge < -0.3 is 14.7 Å². The molecular weight excluding hydrogens is 276 g/mol. The number of carboxylic acid groups (broad SMARTS) is 1. The van der Waals surface area contributed by atoms with Crippen LogP contribution in [0.1, 0.15) is 42.0 Å². The van der Waals surface area contributed by atoms with Crippen LogP contribution < -0.4 is 0 Å². The summed E-state index contributed by atoms with van der Waals surface area (Å²) in [7, 11) is 1.54. The molecule has 8 nitrogen and oxygen atoms in total. The number of nitrogens with zero attached hydrogens (tertiary/aromatic N) is 4. The Morgan fingerprint density at radius 1 is 1.38 bits per heavy atom. The summed E-state index contributed by atoms with van der Waals surface area (Å²) in [6, 6.07) is -0.560. The normalized spacial score (nSPS) is 16.2. The molecule has 1 atom stereocenters. The average molecular weight is 296 g/mol. The van der Waals surface area contributed by atoms with E-state index in [-0.39, 0.29) is 11.6 Å². The number of methoxy groups -OCH3 is 1. The maximum atomic E-state index is 12.4. The topological polar surface area (TPSA) is 97.5 Å². The first-order valence-corrected chi connectivity index (χ1v) is 7.01. The molecule has 1 unspecified atom stereocenters. The van der Waals surface area contributed by atoms with Gasteiger partial charge in [-0.1, -0.05) is 5.21 Å². The van der Waals surface area contributed by atoms with Gasteiger partial charge in [-0.05, 0) is 19.8 Å². The fraction of sp³-hybridized carbons (Fsp3) is 0.692. The second-order valence-electron chi connectivity index (χ2n) is 5.09. The first kappa shape index (κ1) is 15.4. The molecular formula is C13H20N4O4. The van der Waals surface area contributed by atoms with E-state index in [4.69, 9.17) is 9.84 Å². The number of likely N-dealkylation sites (tertiary alicyclic amines) is 1. The molecule has 1 aliphatic rings. The molecule has 0 radical (unpaired) electrons. The Balaban J connectivity index is 2.24. The molecule has 1 fully saturated rings. The van der Waals surface area contributed by atoms with E-state index in [1.807, 2.05) is 0 Å². The van der Waals surface area contributed by atoms with Gasteiger partial charge >= 0.3 is 5.97 Å². The van der Waals surface area contributed by atoms with Gasteiger partial charge in [-0.25, -0.2) is 9.48 Å². The number of ether oxygens (including phenoxy) is 1. The molecule has 1 N–H and O–H groups in total. The summed E-state index contributed by atoms with van der Waals surface area (Å²) in [5.41, 5.74) is 0.303. The van der Waals surface area contributed by atoms with Crippen LogP contribution in [0.15, 0.2) is 0 Å². The lowest BCUT2D eigenvalue weighted by molar-refractivity contribution is -0.133. The Morgan fingerprint density at radius 2 is 2.05 bits per heavy atom. The van der Waals surface area contributed by atoms with Gasteiger partial charge in [0.25, 0.3) is 0 Å². The smallest absolute Gasteiger partial charge is 0.358 e. The Hall–Kier alpha value is -1.96. The van der Waals surface area contributed by atoms with Crippen LogP contribution in [0.5, 0.6) is 0 Å². The molecule has 1 aromatic rings. The molecule has 8 heteroatoms. The highest BCUT2D eigenvalue weighted by atomic mass is 16.5. The van der Waals surface area contributed by atoms with Crippen LogP contribution >= 0.6 is 0 Å². The molecule has 116 valence electrons. The minimum atomic E-state index is -1.15. The number of amides is 1. The zero-order valence-electron chi connectivity index (χ0n) is 12.3. The van der Waals surface area contributed by atoms with E-state index >= 15 is 0 Å². The highest BCUT2D eigenvalue weighted by molar-refractivity contribution is 5.87. The van der Waals surface area contributed by atoms with Crippen molar-refractivity contribution in [3.8, 4) is 0 Å². The lowest BCUT2D eigenvalue weighted by Gasteiger charge is -2.21. The Kier molecular flexibility index (Phi) is 4.89. The third-order valence-corrected chi connectivity index (χ3v) is 3.68. The Morgan fingerprint density at radius 3 is 2.62 bits per heavy atom. The number of aromatic nitrogens is 3. The lowest BCUT2D eigenvalue weighted by atomic mass is 10.2. The highest BCUT2D eigenvalue weighted by Crippen LogP contribution is 2.18. The minimum Gasteiger partial charge on any atom is -0.476 e. The first-order valence-electron chi connectivity index (χ1n) is 7.01. The molecule has 0 spiro atoms. The zero-order chi connectivity index (χ0) is 15.4. The van der Waals surface area contributed by atoms with E-state index in [2.05, 4.69) is 10.3 Å². The van der Waals surface area contributed by atoms with Crippen LogP contribution in [0, 0.1) is 0 Å². The quantitative estimate of drug-likeness (QED) is 0.813. The van der Waals surface area contributed by atoms with Gasteiger partial charge in [-0.15, -0.1) is 5.10 Å². The number of rotatable bonds is 6. The second-order valence-corrected chi connectivity index (χ2v) is 5.09. The lowest BCUT2D eigenvalue weighted by Crippen LogP contribution is -2.35. The average Bonchev–Trinajstić information content (AvgIpc) is 3.12. The highest BCUT2D eigenvalue weighted by Gasteiger charge is 2.29. The summed E-state index contributed by atoms with van der Waals surface area (Å²) < 4.78 is 6.39. The summed E-state index contributed by atoms with van der Waals surface area (Å²) in [4.78, 5) is 25.4. The van der Waals surface area contributed by atoms with Crippen molar-refractivity contribution in [2.75, 3.05) is 26.8 Å². The van der Waals surface area contributed by atoms with Crippen molar-refractivity contribution in [1.82, 2.24) is 19.9 Å².